The second-order valence-corrected chi connectivity index (χ2v) is 10.2. The Hall–Kier alpha value is -3.04. The van der Waals surface area contributed by atoms with Crippen molar-refractivity contribution in [3.8, 4) is 0 Å². The van der Waals surface area contributed by atoms with E-state index >= 15 is 0 Å². The first-order chi connectivity index (χ1) is 18.9. The maximum absolute atomic E-state index is 12.2. The van der Waals surface area contributed by atoms with Crippen molar-refractivity contribution in [3.05, 3.63) is 83.4 Å². The molecule has 1 aliphatic heterocycles. The zero-order valence-corrected chi connectivity index (χ0v) is 22.9. The lowest BCUT2D eigenvalue weighted by Crippen LogP contribution is -2.37. The molecule has 39 heavy (non-hydrogen) atoms. The van der Waals surface area contributed by atoms with E-state index in [1.165, 1.54) is 0 Å². The first-order valence-electron chi connectivity index (χ1n) is 13.7. The third kappa shape index (κ3) is 10.6. The number of carbonyl (C=O) groups excluding carboxylic acids is 1. The van der Waals surface area contributed by atoms with Crippen molar-refractivity contribution in [2.75, 3.05) is 20.1 Å². The summed E-state index contributed by atoms with van der Waals surface area (Å²) in [5.41, 5.74) is 3.82. The molecule has 8 nitrogen and oxygen atoms in total. The molecular weight excluding hydrogens is 496 g/mol. The maximum Gasteiger partial charge on any atom is 0.303 e. The molecule has 3 N–H and O–H groups in total. The zero-order valence-electron chi connectivity index (χ0n) is 22.9. The highest BCUT2D eigenvalue weighted by molar-refractivity contribution is 5.75. The van der Waals surface area contributed by atoms with Gasteiger partial charge in [0.15, 0.2) is 6.29 Å². The molecule has 0 bridgehead atoms. The van der Waals surface area contributed by atoms with Crippen molar-refractivity contribution in [2.45, 2.75) is 76.6 Å². The van der Waals surface area contributed by atoms with Gasteiger partial charge in [0.1, 0.15) is 0 Å². The van der Waals surface area contributed by atoms with Crippen LogP contribution in [-0.4, -0.2) is 53.2 Å². The maximum atomic E-state index is 12.2. The monoisotopic (exact) mass is 538 g/mol. The molecule has 8 heteroatoms. The van der Waals surface area contributed by atoms with Gasteiger partial charge >= 0.3 is 5.97 Å². The fraction of sp³-hybridized carbons (Fsp3) is 0.484. The molecule has 0 radical (unpaired) electrons. The Kier molecular flexibility index (Phi) is 12.6. The average Bonchev–Trinajstić information content (AvgIpc) is 2.94. The van der Waals surface area contributed by atoms with Gasteiger partial charge in [-0.1, -0.05) is 67.4 Å². The Labute approximate surface area is 231 Å². The molecule has 3 atom stereocenters. The number of unbranched alkanes of at least 4 members (excludes halogenated alkanes) is 3. The SMILES string of the molecule is C=CCN(C)C[C@@H]1C[C@H](c2ccc(CO)cc2)O[C@H](c2ccc(CNC(=O)CCCCCCC(=O)O)cc2)O1. The third-order valence-corrected chi connectivity index (χ3v) is 6.86. The zero-order chi connectivity index (χ0) is 28.0. The summed E-state index contributed by atoms with van der Waals surface area (Å²) in [7, 11) is 2.04. The number of benzene rings is 2. The normalized spacial score (nSPS) is 19.1. The Morgan fingerprint density at radius 2 is 1.62 bits per heavy atom. The smallest absolute Gasteiger partial charge is 0.303 e. The summed E-state index contributed by atoms with van der Waals surface area (Å²) >= 11 is 0. The van der Waals surface area contributed by atoms with Gasteiger partial charge in [0.2, 0.25) is 5.91 Å². The first-order valence-corrected chi connectivity index (χ1v) is 13.7. The molecule has 0 aliphatic carbocycles. The minimum Gasteiger partial charge on any atom is -0.481 e. The van der Waals surface area contributed by atoms with E-state index in [0.29, 0.717) is 19.4 Å². The van der Waals surface area contributed by atoms with Crippen LogP contribution in [0.25, 0.3) is 0 Å². The van der Waals surface area contributed by atoms with E-state index in [1.54, 1.807) is 0 Å². The Morgan fingerprint density at radius 3 is 2.26 bits per heavy atom. The van der Waals surface area contributed by atoms with Crippen LogP contribution >= 0.6 is 0 Å². The highest BCUT2D eigenvalue weighted by Gasteiger charge is 2.32. The summed E-state index contributed by atoms with van der Waals surface area (Å²) in [6.45, 7) is 5.80. The number of ether oxygens (including phenoxy) is 2. The van der Waals surface area contributed by atoms with Gasteiger partial charge in [-0.3, -0.25) is 9.59 Å². The van der Waals surface area contributed by atoms with E-state index < -0.39 is 12.3 Å². The van der Waals surface area contributed by atoms with E-state index in [9.17, 15) is 14.7 Å². The second kappa shape index (κ2) is 16.2. The number of carbonyl (C=O) groups is 2. The van der Waals surface area contributed by atoms with E-state index in [-0.39, 0.29) is 31.1 Å². The highest BCUT2D eigenvalue weighted by Crippen LogP contribution is 2.38. The Bertz CT molecular complexity index is 1040. The number of nitrogens with one attached hydrogen (secondary N) is 1. The number of nitrogens with zero attached hydrogens (tertiary/aromatic N) is 1. The van der Waals surface area contributed by atoms with Crippen molar-refractivity contribution in [2.24, 2.45) is 0 Å². The van der Waals surface area contributed by atoms with Gasteiger partial charge < -0.3 is 29.9 Å². The fourth-order valence-electron chi connectivity index (χ4n) is 4.67. The molecule has 3 rings (SSSR count). The van der Waals surface area contributed by atoms with Gasteiger partial charge in [0.05, 0.1) is 18.8 Å². The fourth-order valence-corrected chi connectivity index (χ4v) is 4.67. The number of rotatable bonds is 16. The molecule has 1 aliphatic rings. The van der Waals surface area contributed by atoms with Crippen molar-refractivity contribution in [1.82, 2.24) is 10.2 Å². The van der Waals surface area contributed by atoms with Crippen molar-refractivity contribution in [1.29, 1.82) is 0 Å². The molecule has 2 aromatic rings. The van der Waals surface area contributed by atoms with Crippen molar-refractivity contribution >= 4 is 11.9 Å². The third-order valence-electron chi connectivity index (χ3n) is 6.86. The molecule has 1 heterocycles. The predicted octanol–water partition coefficient (Wildman–Crippen LogP) is 4.88. The number of carboxylic acid groups (broad SMARTS) is 1. The van der Waals surface area contributed by atoms with E-state index in [2.05, 4.69) is 16.8 Å². The summed E-state index contributed by atoms with van der Waals surface area (Å²) in [6.07, 6.45) is 5.63. The van der Waals surface area contributed by atoms with Crippen LogP contribution in [0.2, 0.25) is 0 Å². The number of amides is 1. The molecule has 1 amide bonds. The molecule has 1 fully saturated rings. The number of aliphatic hydroxyl groups is 1. The number of likely N-dealkylation sites (N-methyl/N-ethyl adjacent to an activating group) is 1. The van der Waals surface area contributed by atoms with Crippen molar-refractivity contribution < 1.29 is 29.3 Å². The van der Waals surface area contributed by atoms with Crippen LogP contribution in [0, 0.1) is 0 Å². The average molecular weight is 539 g/mol. The number of hydrogen-bond donors (Lipinski definition) is 3. The molecule has 212 valence electrons. The molecule has 0 unspecified atom stereocenters. The minimum absolute atomic E-state index is 0.00203. The van der Waals surface area contributed by atoms with Gasteiger partial charge in [-0.25, -0.2) is 0 Å². The lowest BCUT2D eigenvalue weighted by molar-refractivity contribution is -0.252. The lowest BCUT2D eigenvalue weighted by atomic mass is 9.99. The molecular formula is C31H42N2O6. The van der Waals surface area contributed by atoms with Crippen LogP contribution < -0.4 is 5.32 Å². The number of aliphatic carboxylic acids is 1. The topological polar surface area (TPSA) is 108 Å². The second-order valence-electron chi connectivity index (χ2n) is 10.2. The van der Waals surface area contributed by atoms with E-state index in [1.807, 2.05) is 61.7 Å². The highest BCUT2D eigenvalue weighted by atomic mass is 16.7. The Morgan fingerprint density at radius 1 is 0.974 bits per heavy atom. The van der Waals surface area contributed by atoms with Crippen LogP contribution in [-0.2, 0) is 32.2 Å². The van der Waals surface area contributed by atoms with Crippen LogP contribution in [0.1, 0.15) is 79.6 Å². The van der Waals surface area contributed by atoms with Gasteiger partial charge in [0, 0.05) is 44.5 Å². The quantitative estimate of drug-likeness (QED) is 0.206. The largest absolute Gasteiger partial charge is 0.481 e. The minimum atomic E-state index is -0.773. The summed E-state index contributed by atoms with van der Waals surface area (Å²) in [5.74, 6) is -0.775. The molecule has 0 saturated carbocycles. The molecule has 0 aromatic heterocycles. The van der Waals surface area contributed by atoms with E-state index in [0.717, 1.165) is 61.0 Å². The predicted molar refractivity (Wildman–Crippen MR) is 150 cm³/mol. The van der Waals surface area contributed by atoms with Gasteiger partial charge in [-0.2, -0.15) is 0 Å². The molecule has 0 spiro atoms. The number of carboxylic acids is 1. The summed E-state index contributed by atoms with van der Waals surface area (Å²) in [6, 6.07) is 15.8. The van der Waals surface area contributed by atoms with Gasteiger partial charge in [-0.05, 0) is 36.6 Å². The molecule has 2 aromatic carbocycles. The number of hydrogen-bond acceptors (Lipinski definition) is 6. The molecule has 1 saturated heterocycles. The lowest BCUT2D eigenvalue weighted by Gasteiger charge is -2.37. The first kappa shape index (κ1) is 30.5. The van der Waals surface area contributed by atoms with Crippen LogP contribution in [0.3, 0.4) is 0 Å². The van der Waals surface area contributed by atoms with Crippen LogP contribution in [0.15, 0.2) is 61.2 Å². The van der Waals surface area contributed by atoms with Gasteiger partial charge in [0.25, 0.3) is 0 Å². The van der Waals surface area contributed by atoms with Crippen molar-refractivity contribution in [3.63, 3.8) is 0 Å². The number of aliphatic hydroxyl groups excluding tert-OH is 1. The van der Waals surface area contributed by atoms with Gasteiger partial charge in [-0.15, -0.1) is 6.58 Å². The summed E-state index contributed by atoms with van der Waals surface area (Å²) in [4.78, 5) is 24.9. The standard InChI is InChI=1S/C31H42N2O6/c1-3-18-33(2)21-27-19-28(25-14-12-24(22-34)13-15-25)39-31(38-27)26-16-10-23(11-17-26)20-32-29(35)8-6-4-5-7-9-30(36)37/h3,10-17,27-28,31,34H,1,4-9,18-22H2,2H3,(H,32,35)(H,36,37)/t27-,28+,31+/m0/s1. The van der Waals surface area contributed by atoms with Crippen LogP contribution in [0.4, 0.5) is 0 Å². The summed E-state index contributed by atoms with van der Waals surface area (Å²) in [5, 5.41) is 21.0. The Balaban J connectivity index is 1.55. The summed E-state index contributed by atoms with van der Waals surface area (Å²) < 4.78 is 12.8. The van der Waals surface area contributed by atoms with E-state index in [4.69, 9.17) is 14.6 Å². The van der Waals surface area contributed by atoms with Crippen LogP contribution in [0.5, 0.6) is 0 Å².